The van der Waals surface area contributed by atoms with Crippen LogP contribution < -0.4 is 20.3 Å². The average molecular weight is 329 g/mol. The van der Waals surface area contributed by atoms with Gasteiger partial charge in [0.05, 0.1) is 6.04 Å². The van der Waals surface area contributed by atoms with Gasteiger partial charge in [-0.1, -0.05) is 13.0 Å². The second-order valence-corrected chi connectivity index (χ2v) is 5.59. The van der Waals surface area contributed by atoms with E-state index in [9.17, 15) is 9.59 Å². The Morgan fingerprint density at radius 1 is 1.29 bits per heavy atom. The number of amides is 1. The van der Waals surface area contributed by atoms with Crippen molar-refractivity contribution in [2.45, 2.75) is 32.9 Å². The number of nitrogens with zero attached hydrogens (tertiary/aromatic N) is 2. The van der Waals surface area contributed by atoms with Gasteiger partial charge >= 0.3 is 0 Å². The summed E-state index contributed by atoms with van der Waals surface area (Å²) in [6.45, 7) is 4.51. The molecule has 7 nitrogen and oxygen atoms in total. The summed E-state index contributed by atoms with van der Waals surface area (Å²) in [5.74, 6) is 1.04. The lowest BCUT2D eigenvalue weighted by Gasteiger charge is -2.15. The van der Waals surface area contributed by atoms with Crippen LogP contribution in [0.3, 0.4) is 0 Å². The predicted octanol–water partition coefficient (Wildman–Crippen LogP) is 1.87. The molecule has 1 aliphatic rings. The third kappa shape index (κ3) is 3.24. The van der Waals surface area contributed by atoms with Gasteiger partial charge in [0.25, 0.3) is 11.5 Å². The molecule has 24 heavy (non-hydrogen) atoms. The maximum absolute atomic E-state index is 12.4. The van der Waals surface area contributed by atoms with E-state index in [1.54, 1.807) is 0 Å². The van der Waals surface area contributed by atoms with Crippen LogP contribution in [0.5, 0.6) is 11.5 Å². The minimum Gasteiger partial charge on any atom is -0.454 e. The van der Waals surface area contributed by atoms with E-state index in [4.69, 9.17) is 9.47 Å². The molecule has 0 radical (unpaired) electrons. The Labute approximate surface area is 139 Å². The van der Waals surface area contributed by atoms with Gasteiger partial charge in [-0.15, -0.1) is 0 Å². The highest BCUT2D eigenvalue weighted by Crippen LogP contribution is 2.34. The normalized spacial score (nSPS) is 13.6. The molecule has 1 aromatic heterocycles. The zero-order chi connectivity index (χ0) is 17.1. The number of ether oxygens (including phenoxy) is 2. The number of aromatic nitrogens is 2. The molecule has 3 rings (SSSR count). The van der Waals surface area contributed by atoms with Crippen molar-refractivity contribution in [2.75, 3.05) is 6.79 Å². The molecule has 1 amide bonds. The molecule has 1 atom stereocenters. The lowest BCUT2D eigenvalue weighted by Crippen LogP contribution is -2.31. The Morgan fingerprint density at radius 2 is 2.08 bits per heavy atom. The fourth-order valence-electron chi connectivity index (χ4n) is 2.48. The molecule has 0 saturated heterocycles. The maximum atomic E-state index is 12.4. The zero-order valence-corrected chi connectivity index (χ0v) is 13.6. The fourth-order valence-corrected chi connectivity index (χ4v) is 2.48. The van der Waals surface area contributed by atoms with E-state index in [2.05, 4.69) is 10.4 Å². The van der Waals surface area contributed by atoms with Crippen LogP contribution in [0.25, 0.3) is 0 Å². The van der Waals surface area contributed by atoms with Crippen LogP contribution in [0, 0.1) is 0 Å². The summed E-state index contributed by atoms with van der Waals surface area (Å²) < 4.78 is 11.9. The van der Waals surface area contributed by atoms with Crippen molar-refractivity contribution in [3.8, 4) is 11.5 Å². The van der Waals surface area contributed by atoms with Crippen molar-refractivity contribution < 1.29 is 14.3 Å². The smallest absolute Gasteiger partial charge is 0.272 e. The summed E-state index contributed by atoms with van der Waals surface area (Å²) in [6, 6.07) is 8.11. The largest absolute Gasteiger partial charge is 0.454 e. The number of carbonyl (C=O) groups excluding carboxylic acids is 1. The van der Waals surface area contributed by atoms with Crippen LogP contribution in [-0.4, -0.2) is 22.5 Å². The van der Waals surface area contributed by atoms with Gasteiger partial charge in [0.2, 0.25) is 6.79 Å². The number of aryl methyl sites for hydroxylation is 1. The van der Waals surface area contributed by atoms with E-state index >= 15 is 0 Å². The molecule has 0 spiro atoms. The molecule has 1 unspecified atom stereocenters. The minimum absolute atomic E-state index is 0.211. The maximum Gasteiger partial charge on any atom is 0.272 e. The Kier molecular flexibility index (Phi) is 4.50. The standard InChI is InChI=1S/C17H19N3O4/c1-3-8-20-16(21)7-5-13(19-20)17(22)18-11(2)12-4-6-14-15(9-12)24-10-23-14/h4-7,9,11H,3,8,10H2,1-2H3,(H,18,22). The monoisotopic (exact) mass is 329 g/mol. The summed E-state index contributed by atoms with van der Waals surface area (Å²) in [5.41, 5.74) is 0.905. The van der Waals surface area contributed by atoms with E-state index in [1.807, 2.05) is 32.0 Å². The third-order valence-corrected chi connectivity index (χ3v) is 3.78. The number of hydrogen-bond acceptors (Lipinski definition) is 5. The Bertz CT molecular complexity index is 816. The second-order valence-electron chi connectivity index (χ2n) is 5.59. The van der Waals surface area contributed by atoms with Crippen molar-refractivity contribution >= 4 is 5.91 Å². The molecule has 126 valence electrons. The van der Waals surface area contributed by atoms with Crippen molar-refractivity contribution in [2.24, 2.45) is 0 Å². The first-order valence-corrected chi connectivity index (χ1v) is 7.87. The van der Waals surface area contributed by atoms with Crippen LogP contribution in [0.2, 0.25) is 0 Å². The number of nitrogens with one attached hydrogen (secondary N) is 1. The quantitative estimate of drug-likeness (QED) is 0.905. The first-order chi connectivity index (χ1) is 11.6. The molecule has 1 aliphatic heterocycles. The van der Waals surface area contributed by atoms with E-state index in [1.165, 1.54) is 16.8 Å². The van der Waals surface area contributed by atoms with Gasteiger partial charge in [-0.25, -0.2) is 4.68 Å². The molecule has 1 N–H and O–H groups in total. The SMILES string of the molecule is CCCn1nc(C(=O)NC(C)c2ccc3c(c2)OCO3)ccc1=O. The van der Waals surface area contributed by atoms with Crippen LogP contribution >= 0.6 is 0 Å². The van der Waals surface area contributed by atoms with Crippen LogP contribution in [-0.2, 0) is 6.54 Å². The van der Waals surface area contributed by atoms with Gasteiger partial charge in [-0.3, -0.25) is 9.59 Å². The molecule has 2 heterocycles. The zero-order valence-electron chi connectivity index (χ0n) is 13.6. The number of fused-ring (bicyclic) bond motifs is 1. The highest BCUT2D eigenvalue weighted by Gasteiger charge is 2.18. The van der Waals surface area contributed by atoms with E-state index in [-0.39, 0.29) is 30.0 Å². The summed E-state index contributed by atoms with van der Waals surface area (Å²) in [7, 11) is 0. The first kappa shape index (κ1) is 16.0. The van der Waals surface area contributed by atoms with E-state index in [0.29, 0.717) is 18.0 Å². The van der Waals surface area contributed by atoms with Gasteiger partial charge in [0.15, 0.2) is 11.5 Å². The number of hydrogen-bond donors (Lipinski definition) is 1. The topological polar surface area (TPSA) is 82.5 Å². The van der Waals surface area contributed by atoms with Crippen LogP contribution in [0.4, 0.5) is 0 Å². The molecular weight excluding hydrogens is 310 g/mol. The van der Waals surface area contributed by atoms with Crippen LogP contribution in [0.1, 0.15) is 42.4 Å². The molecule has 0 saturated carbocycles. The van der Waals surface area contributed by atoms with Crippen molar-refractivity contribution in [1.29, 1.82) is 0 Å². The summed E-state index contributed by atoms with van der Waals surface area (Å²) in [5, 5.41) is 6.99. The van der Waals surface area contributed by atoms with Crippen LogP contribution in [0.15, 0.2) is 35.1 Å². The average Bonchev–Trinajstić information content (AvgIpc) is 3.04. The number of benzene rings is 1. The van der Waals surface area contributed by atoms with Crippen molar-refractivity contribution in [3.05, 3.63) is 51.9 Å². The molecule has 1 aromatic carbocycles. The van der Waals surface area contributed by atoms with E-state index < -0.39 is 0 Å². The summed E-state index contributed by atoms with van der Waals surface area (Å²) >= 11 is 0. The Morgan fingerprint density at radius 3 is 2.88 bits per heavy atom. The van der Waals surface area contributed by atoms with E-state index in [0.717, 1.165) is 12.0 Å². The molecule has 7 heteroatoms. The van der Waals surface area contributed by atoms with Crippen molar-refractivity contribution in [3.63, 3.8) is 0 Å². The summed E-state index contributed by atoms with van der Waals surface area (Å²) in [4.78, 5) is 24.1. The predicted molar refractivity (Wildman–Crippen MR) is 87.2 cm³/mol. The fraction of sp³-hybridized carbons (Fsp3) is 0.353. The Balaban J connectivity index is 1.74. The first-order valence-electron chi connectivity index (χ1n) is 7.87. The lowest BCUT2D eigenvalue weighted by molar-refractivity contribution is 0.0932. The Hall–Kier alpha value is -2.83. The molecule has 0 bridgehead atoms. The minimum atomic E-state index is -0.329. The summed E-state index contributed by atoms with van der Waals surface area (Å²) in [6.07, 6.45) is 0.769. The van der Waals surface area contributed by atoms with Gasteiger partial charge in [0.1, 0.15) is 5.69 Å². The molecule has 0 aliphatic carbocycles. The number of carbonyl (C=O) groups is 1. The highest BCUT2D eigenvalue weighted by atomic mass is 16.7. The van der Waals surface area contributed by atoms with Crippen molar-refractivity contribution in [1.82, 2.24) is 15.1 Å². The molecular formula is C17H19N3O4. The van der Waals surface area contributed by atoms with Gasteiger partial charge in [-0.2, -0.15) is 5.10 Å². The molecule has 2 aromatic rings. The second kappa shape index (κ2) is 6.74. The highest BCUT2D eigenvalue weighted by molar-refractivity contribution is 5.92. The van der Waals surface area contributed by atoms with Gasteiger partial charge < -0.3 is 14.8 Å². The number of rotatable bonds is 5. The van der Waals surface area contributed by atoms with Gasteiger partial charge in [0, 0.05) is 12.6 Å². The third-order valence-electron chi connectivity index (χ3n) is 3.78. The van der Waals surface area contributed by atoms with Gasteiger partial charge in [-0.05, 0) is 37.1 Å². The lowest BCUT2D eigenvalue weighted by atomic mass is 10.1. The molecule has 0 fully saturated rings.